The van der Waals surface area contributed by atoms with E-state index < -0.39 is 0 Å². The van der Waals surface area contributed by atoms with Crippen molar-refractivity contribution in [1.82, 2.24) is 10.2 Å². The fourth-order valence-corrected chi connectivity index (χ4v) is 4.87. The molecule has 0 aliphatic carbocycles. The molecule has 34 heavy (non-hydrogen) atoms. The first-order chi connectivity index (χ1) is 16.5. The van der Waals surface area contributed by atoms with Gasteiger partial charge in [0.2, 0.25) is 5.91 Å². The minimum absolute atomic E-state index is 0.177. The number of rotatable bonds is 26. The van der Waals surface area contributed by atoms with E-state index in [1.54, 1.807) is 0 Å². The zero-order valence-corrected chi connectivity index (χ0v) is 23.7. The molecule has 0 saturated carbocycles. The molecule has 0 spiro atoms. The van der Waals surface area contributed by atoms with E-state index in [1.165, 1.54) is 109 Å². The van der Waals surface area contributed by atoms with Crippen LogP contribution in [0, 0.1) is 0 Å². The minimum atomic E-state index is -0.177. The number of nitrogens with zero attached hydrogens (tertiary/aromatic N) is 1. The van der Waals surface area contributed by atoms with E-state index in [0.717, 1.165) is 32.2 Å². The molecular weight excluding hydrogens is 420 g/mol. The molecule has 0 heterocycles. The second kappa shape index (κ2) is 25.5. The Morgan fingerprint density at radius 1 is 0.647 bits per heavy atom. The molecule has 0 aliphatic heterocycles. The van der Waals surface area contributed by atoms with Crippen molar-refractivity contribution in [3.63, 3.8) is 0 Å². The highest BCUT2D eigenvalue weighted by atomic mass is 16.3. The highest BCUT2D eigenvalue weighted by Gasteiger charge is 2.20. The SMILES string of the molecule is CCCCCCCCC(O)C(CCCCCCCCCCCC(=O)NCCCCCC)N(C)C. The molecule has 1 amide bonds. The molecule has 0 radical (unpaired) electrons. The molecule has 0 rings (SSSR count). The van der Waals surface area contributed by atoms with Crippen molar-refractivity contribution in [3.05, 3.63) is 0 Å². The van der Waals surface area contributed by atoms with Crippen molar-refractivity contribution in [1.29, 1.82) is 0 Å². The number of nitrogens with one attached hydrogen (secondary N) is 1. The quantitative estimate of drug-likeness (QED) is 0.123. The summed E-state index contributed by atoms with van der Waals surface area (Å²) in [6.07, 6.45) is 26.5. The summed E-state index contributed by atoms with van der Waals surface area (Å²) in [5, 5.41) is 13.7. The van der Waals surface area contributed by atoms with Gasteiger partial charge in [0.25, 0.3) is 0 Å². The fraction of sp³-hybridized carbons (Fsp3) is 0.967. The fourth-order valence-electron chi connectivity index (χ4n) is 4.87. The number of aliphatic hydroxyl groups excluding tert-OH is 1. The zero-order chi connectivity index (χ0) is 25.3. The third-order valence-corrected chi connectivity index (χ3v) is 7.22. The van der Waals surface area contributed by atoms with Crippen LogP contribution in [0.15, 0.2) is 0 Å². The Bertz CT molecular complexity index is 428. The molecular formula is C30H62N2O2. The van der Waals surface area contributed by atoms with Crippen molar-refractivity contribution >= 4 is 5.91 Å². The molecule has 2 N–H and O–H groups in total. The monoisotopic (exact) mass is 482 g/mol. The largest absolute Gasteiger partial charge is 0.391 e. The van der Waals surface area contributed by atoms with Gasteiger partial charge in [-0.15, -0.1) is 0 Å². The Morgan fingerprint density at radius 2 is 1.09 bits per heavy atom. The number of carbonyl (C=O) groups is 1. The van der Waals surface area contributed by atoms with Crippen LogP contribution in [0.4, 0.5) is 0 Å². The summed E-state index contributed by atoms with van der Waals surface area (Å²) in [6, 6.07) is 0.309. The van der Waals surface area contributed by atoms with E-state index in [0.29, 0.717) is 12.5 Å². The van der Waals surface area contributed by atoms with Gasteiger partial charge in [-0.25, -0.2) is 0 Å². The van der Waals surface area contributed by atoms with E-state index >= 15 is 0 Å². The van der Waals surface area contributed by atoms with E-state index in [-0.39, 0.29) is 12.0 Å². The van der Waals surface area contributed by atoms with Crippen LogP contribution in [0.5, 0.6) is 0 Å². The van der Waals surface area contributed by atoms with Gasteiger partial charge < -0.3 is 15.3 Å². The van der Waals surface area contributed by atoms with Gasteiger partial charge in [0, 0.05) is 19.0 Å². The molecule has 0 bridgehead atoms. The number of hydrogen-bond acceptors (Lipinski definition) is 3. The number of aliphatic hydroxyl groups is 1. The molecule has 204 valence electrons. The smallest absolute Gasteiger partial charge is 0.219 e. The van der Waals surface area contributed by atoms with Crippen LogP contribution in [-0.2, 0) is 4.79 Å². The molecule has 0 aromatic rings. The third-order valence-electron chi connectivity index (χ3n) is 7.22. The van der Waals surface area contributed by atoms with Crippen LogP contribution in [0.25, 0.3) is 0 Å². The maximum Gasteiger partial charge on any atom is 0.219 e. The zero-order valence-electron chi connectivity index (χ0n) is 23.7. The number of likely N-dealkylation sites (N-methyl/N-ethyl adjacent to an activating group) is 1. The average molecular weight is 483 g/mol. The van der Waals surface area contributed by atoms with Gasteiger partial charge in [0.1, 0.15) is 0 Å². The van der Waals surface area contributed by atoms with E-state index in [1.807, 2.05) is 0 Å². The lowest BCUT2D eigenvalue weighted by atomic mass is 9.96. The van der Waals surface area contributed by atoms with Gasteiger partial charge in [0.15, 0.2) is 0 Å². The number of hydrogen-bond donors (Lipinski definition) is 2. The molecule has 4 nitrogen and oxygen atoms in total. The summed E-state index contributed by atoms with van der Waals surface area (Å²) >= 11 is 0. The first-order valence-electron chi connectivity index (χ1n) is 15.1. The Hall–Kier alpha value is -0.610. The highest BCUT2D eigenvalue weighted by molar-refractivity contribution is 5.75. The van der Waals surface area contributed by atoms with Crippen molar-refractivity contribution in [2.75, 3.05) is 20.6 Å². The van der Waals surface area contributed by atoms with Crippen molar-refractivity contribution < 1.29 is 9.90 Å². The average Bonchev–Trinajstić information content (AvgIpc) is 2.81. The second-order valence-corrected chi connectivity index (χ2v) is 10.8. The molecule has 4 heteroatoms. The molecule has 0 aromatic heterocycles. The Morgan fingerprint density at radius 3 is 1.62 bits per heavy atom. The van der Waals surface area contributed by atoms with E-state index in [9.17, 15) is 9.90 Å². The van der Waals surface area contributed by atoms with Gasteiger partial charge in [-0.1, -0.05) is 123 Å². The van der Waals surface area contributed by atoms with Crippen LogP contribution in [-0.4, -0.2) is 48.7 Å². The lowest BCUT2D eigenvalue weighted by molar-refractivity contribution is -0.121. The Balaban J connectivity index is 3.57. The van der Waals surface area contributed by atoms with Crippen LogP contribution in [0.2, 0.25) is 0 Å². The molecule has 2 unspecified atom stereocenters. The summed E-state index contributed by atoms with van der Waals surface area (Å²) in [7, 11) is 4.23. The maximum absolute atomic E-state index is 11.8. The first kappa shape index (κ1) is 33.4. The third kappa shape index (κ3) is 21.9. The maximum atomic E-state index is 11.8. The summed E-state index contributed by atoms with van der Waals surface area (Å²) in [5.74, 6) is 0.240. The summed E-state index contributed by atoms with van der Waals surface area (Å²) in [5.41, 5.74) is 0. The van der Waals surface area contributed by atoms with Crippen LogP contribution < -0.4 is 5.32 Å². The van der Waals surface area contributed by atoms with Gasteiger partial charge in [-0.2, -0.15) is 0 Å². The lowest BCUT2D eigenvalue weighted by Crippen LogP contribution is -2.39. The summed E-state index contributed by atoms with van der Waals surface area (Å²) in [6.45, 7) is 5.32. The predicted octanol–water partition coefficient (Wildman–Crippen LogP) is 8.02. The van der Waals surface area contributed by atoms with Gasteiger partial charge in [-0.3, -0.25) is 4.79 Å². The summed E-state index contributed by atoms with van der Waals surface area (Å²) < 4.78 is 0. The second-order valence-electron chi connectivity index (χ2n) is 10.8. The Kier molecular flexibility index (Phi) is 25.0. The highest BCUT2D eigenvalue weighted by Crippen LogP contribution is 2.18. The molecule has 2 atom stereocenters. The van der Waals surface area contributed by atoms with Crippen molar-refractivity contribution in [2.45, 2.75) is 167 Å². The van der Waals surface area contributed by atoms with E-state index in [4.69, 9.17) is 0 Å². The van der Waals surface area contributed by atoms with Crippen LogP contribution in [0.3, 0.4) is 0 Å². The number of amides is 1. The van der Waals surface area contributed by atoms with E-state index in [2.05, 4.69) is 38.2 Å². The topological polar surface area (TPSA) is 52.6 Å². The molecule has 0 saturated heterocycles. The van der Waals surface area contributed by atoms with Crippen LogP contribution in [0.1, 0.15) is 155 Å². The molecule has 0 aromatic carbocycles. The molecule has 0 aliphatic rings. The lowest BCUT2D eigenvalue weighted by Gasteiger charge is -2.29. The summed E-state index contributed by atoms with van der Waals surface area (Å²) in [4.78, 5) is 14.0. The predicted molar refractivity (Wildman–Crippen MR) is 149 cm³/mol. The van der Waals surface area contributed by atoms with Gasteiger partial charge >= 0.3 is 0 Å². The minimum Gasteiger partial charge on any atom is -0.391 e. The molecule has 0 fully saturated rings. The standard InChI is InChI=1S/C30H62N2O2/c1-5-7-9-11-18-21-25-29(33)28(32(3)4)24-20-17-15-13-12-14-16-19-22-26-30(34)31-27-23-10-8-6-2/h28-29,33H,5-27H2,1-4H3,(H,31,34). The van der Waals surface area contributed by atoms with Gasteiger partial charge in [-0.05, 0) is 39.8 Å². The van der Waals surface area contributed by atoms with Crippen molar-refractivity contribution in [2.24, 2.45) is 0 Å². The first-order valence-corrected chi connectivity index (χ1v) is 15.1. The number of unbranched alkanes of at least 4 members (excludes halogenated alkanes) is 16. The number of carbonyl (C=O) groups excluding carboxylic acids is 1. The Labute approximate surface area is 214 Å². The normalized spacial score (nSPS) is 13.4. The van der Waals surface area contributed by atoms with Crippen molar-refractivity contribution in [3.8, 4) is 0 Å². The van der Waals surface area contributed by atoms with Crippen LogP contribution >= 0.6 is 0 Å². The van der Waals surface area contributed by atoms with Gasteiger partial charge in [0.05, 0.1) is 6.10 Å².